The first kappa shape index (κ1) is 11.8. The summed E-state index contributed by atoms with van der Waals surface area (Å²) in [6, 6.07) is 0.439. The van der Waals surface area contributed by atoms with Crippen molar-refractivity contribution in [1.29, 1.82) is 0 Å². The number of rotatable bonds is 5. The van der Waals surface area contributed by atoms with Crippen LogP contribution in [0.15, 0.2) is 0 Å². The van der Waals surface area contributed by atoms with Crippen molar-refractivity contribution in [2.24, 2.45) is 0 Å². The molecule has 1 amide bonds. The Kier molecular flexibility index (Phi) is 3.19. The minimum atomic E-state index is -1.19. The van der Waals surface area contributed by atoms with Gasteiger partial charge in [0.15, 0.2) is 0 Å². The Labute approximate surface area is 95.4 Å². The molecule has 1 saturated heterocycles. The van der Waals surface area contributed by atoms with E-state index in [9.17, 15) is 9.90 Å². The molecule has 0 spiro atoms. The number of hydrogen-bond donors (Lipinski definition) is 3. The van der Waals surface area contributed by atoms with Crippen LogP contribution < -0.4 is 5.32 Å². The van der Waals surface area contributed by atoms with Crippen molar-refractivity contribution >= 4 is 5.91 Å². The Morgan fingerprint density at radius 2 is 2.19 bits per heavy atom. The van der Waals surface area contributed by atoms with Crippen molar-refractivity contribution in [3.63, 3.8) is 0 Å². The first-order valence-corrected chi connectivity index (χ1v) is 5.90. The molecule has 1 aliphatic carbocycles. The summed E-state index contributed by atoms with van der Waals surface area (Å²) in [4.78, 5) is 13.6. The van der Waals surface area contributed by atoms with Crippen LogP contribution in [0.5, 0.6) is 0 Å². The lowest BCUT2D eigenvalue weighted by molar-refractivity contribution is -0.133. The molecule has 1 saturated carbocycles. The van der Waals surface area contributed by atoms with Crippen molar-refractivity contribution in [3.05, 3.63) is 0 Å². The molecule has 0 aromatic carbocycles. The van der Waals surface area contributed by atoms with Gasteiger partial charge in [0, 0.05) is 12.6 Å². The minimum absolute atomic E-state index is 0.0561. The van der Waals surface area contributed by atoms with Crippen LogP contribution in [0.25, 0.3) is 0 Å². The zero-order valence-corrected chi connectivity index (χ0v) is 9.65. The molecule has 16 heavy (non-hydrogen) atoms. The summed E-state index contributed by atoms with van der Waals surface area (Å²) in [6.45, 7) is 2.10. The topological polar surface area (TPSA) is 72.8 Å². The smallest absolute Gasteiger partial charge is 0.239 e. The predicted octanol–water partition coefficient (Wildman–Crippen LogP) is -0.917. The molecule has 0 bridgehead atoms. The van der Waals surface area contributed by atoms with Crippen molar-refractivity contribution in [2.45, 2.75) is 43.9 Å². The van der Waals surface area contributed by atoms with E-state index < -0.39 is 5.60 Å². The number of hydrogen-bond acceptors (Lipinski definition) is 4. The highest BCUT2D eigenvalue weighted by Gasteiger charge is 2.37. The summed E-state index contributed by atoms with van der Waals surface area (Å²) in [6.07, 6.45) is 3.13. The summed E-state index contributed by atoms with van der Waals surface area (Å²) in [5.74, 6) is 0.0561. The highest BCUT2D eigenvalue weighted by molar-refractivity contribution is 5.84. The van der Waals surface area contributed by atoms with E-state index >= 15 is 0 Å². The molecule has 0 aromatic heterocycles. The monoisotopic (exact) mass is 228 g/mol. The average Bonchev–Trinajstić information content (AvgIpc) is 2.99. The van der Waals surface area contributed by atoms with Gasteiger partial charge in [0.25, 0.3) is 0 Å². The fourth-order valence-corrected chi connectivity index (χ4v) is 2.05. The molecule has 1 heterocycles. The summed E-state index contributed by atoms with van der Waals surface area (Å²) < 4.78 is 0. The van der Waals surface area contributed by atoms with E-state index in [0.29, 0.717) is 12.6 Å². The zero-order valence-electron chi connectivity index (χ0n) is 9.65. The fraction of sp³-hybridized carbons (Fsp3) is 0.909. The van der Waals surface area contributed by atoms with Gasteiger partial charge in [-0.05, 0) is 26.2 Å². The van der Waals surface area contributed by atoms with Crippen LogP contribution in [-0.4, -0.2) is 58.4 Å². The normalized spacial score (nSPS) is 29.6. The van der Waals surface area contributed by atoms with Crippen LogP contribution in [0.4, 0.5) is 0 Å². The van der Waals surface area contributed by atoms with Gasteiger partial charge >= 0.3 is 0 Å². The van der Waals surface area contributed by atoms with E-state index in [1.165, 1.54) is 0 Å². The molecule has 2 rings (SSSR count). The van der Waals surface area contributed by atoms with E-state index in [4.69, 9.17) is 5.11 Å². The number of carbonyl (C=O) groups is 1. The van der Waals surface area contributed by atoms with Crippen LogP contribution in [-0.2, 0) is 4.79 Å². The van der Waals surface area contributed by atoms with Crippen LogP contribution >= 0.6 is 0 Å². The van der Waals surface area contributed by atoms with Crippen LogP contribution in [0, 0.1) is 0 Å². The number of carbonyl (C=O) groups excluding carboxylic acids is 1. The van der Waals surface area contributed by atoms with Gasteiger partial charge in [0.2, 0.25) is 5.91 Å². The van der Waals surface area contributed by atoms with E-state index in [2.05, 4.69) is 5.32 Å². The lowest BCUT2D eigenvalue weighted by Crippen LogP contribution is -2.47. The average molecular weight is 228 g/mol. The molecule has 5 nitrogen and oxygen atoms in total. The van der Waals surface area contributed by atoms with Gasteiger partial charge in [-0.3, -0.25) is 4.79 Å². The molecular formula is C11H20N2O3. The second kappa shape index (κ2) is 4.31. The second-order valence-corrected chi connectivity index (χ2v) is 5.20. The summed E-state index contributed by atoms with van der Waals surface area (Å²) in [5, 5.41) is 22.0. The molecule has 2 fully saturated rings. The van der Waals surface area contributed by atoms with E-state index in [1.807, 2.05) is 0 Å². The standard InChI is InChI=1S/C11H20N2O3/c1-11(16,7-14)6-13-5-4-9(10(13)15)12-8-2-3-8/h8-9,12,14,16H,2-7H2,1H3. The highest BCUT2D eigenvalue weighted by Crippen LogP contribution is 2.23. The van der Waals surface area contributed by atoms with E-state index in [-0.39, 0.29) is 25.1 Å². The Balaban J connectivity index is 1.85. The van der Waals surface area contributed by atoms with Crippen LogP contribution in [0.3, 0.4) is 0 Å². The first-order chi connectivity index (χ1) is 7.52. The number of likely N-dealkylation sites (tertiary alicyclic amines) is 1. The number of aliphatic hydroxyl groups excluding tert-OH is 1. The number of nitrogens with one attached hydrogen (secondary N) is 1. The van der Waals surface area contributed by atoms with Gasteiger partial charge < -0.3 is 20.4 Å². The largest absolute Gasteiger partial charge is 0.393 e. The molecule has 3 N–H and O–H groups in total. The molecule has 0 aromatic rings. The maximum atomic E-state index is 11.9. The third kappa shape index (κ3) is 2.72. The van der Waals surface area contributed by atoms with E-state index in [1.54, 1.807) is 11.8 Å². The Bertz CT molecular complexity index is 276. The van der Waals surface area contributed by atoms with Crippen molar-refractivity contribution < 1.29 is 15.0 Å². The number of β-amino-alcohol motifs (C(OH)–C–C–N with tert-alkyl or cyclic N) is 1. The lowest BCUT2D eigenvalue weighted by atomic mass is 10.1. The molecular weight excluding hydrogens is 208 g/mol. The number of aliphatic hydroxyl groups is 2. The first-order valence-electron chi connectivity index (χ1n) is 5.90. The lowest BCUT2D eigenvalue weighted by Gasteiger charge is -2.27. The van der Waals surface area contributed by atoms with Gasteiger partial charge in [-0.1, -0.05) is 0 Å². The molecule has 1 aliphatic heterocycles. The molecule has 5 heteroatoms. The number of nitrogens with zero attached hydrogens (tertiary/aromatic N) is 1. The Hall–Kier alpha value is -0.650. The summed E-state index contributed by atoms with van der Waals surface area (Å²) in [5.41, 5.74) is -1.19. The summed E-state index contributed by atoms with van der Waals surface area (Å²) in [7, 11) is 0. The fourth-order valence-electron chi connectivity index (χ4n) is 2.05. The van der Waals surface area contributed by atoms with Crippen LogP contribution in [0.2, 0.25) is 0 Å². The maximum absolute atomic E-state index is 11.9. The van der Waals surface area contributed by atoms with Gasteiger partial charge in [0.1, 0.15) is 5.60 Å². The van der Waals surface area contributed by atoms with Gasteiger partial charge in [-0.25, -0.2) is 0 Å². The second-order valence-electron chi connectivity index (χ2n) is 5.20. The Morgan fingerprint density at radius 1 is 1.50 bits per heavy atom. The molecule has 2 unspecified atom stereocenters. The third-order valence-electron chi connectivity index (χ3n) is 3.18. The van der Waals surface area contributed by atoms with Gasteiger partial charge in [0.05, 0.1) is 19.2 Å². The van der Waals surface area contributed by atoms with Crippen molar-refractivity contribution in [3.8, 4) is 0 Å². The SMILES string of the molecule is CC(O)(CO)CN1CCC(NC2CC2)C1=O. The minimum Gasteiger partial charge on any atom is -0.393 e. The predicted molar refractivity (Wildman–Crippen MR) is 58.9 cm³/mol. The highest BCUT2D eigenvalue weighted by atomic mass is 16.3. The van der Waals surface area contributed by atoms with Gasteiger partial charge in [-0.2, -0.15) is 0 Å². The molecule has 2 aliphatic rings. The number of amides is 1. The molecule has 0 radical (unpaired) electrons. The third-order valence-corrected chi connectivity index (χ3v) is 3.18. The molecule has 92 valence electrons. The Morgan fingerprint density at radius 3 is 2.75 bits per heavy atom. The van der Waals surface area contributed by atoms with E-state index in [0.717, 1.165) is 19.3 Å². The van der Waals surface area contributed by atoms with Crippen LogP contribution in [0.1, 0.15) is 26.2 Å². The zero-order chi connectivity index (χ0) is 11.8. The molecule has 2 atom stereocenters. The van der Waals surface area contributed by atoms with Crippen molar-refractivity contribution in [1.82, 2.24) is 10.2 Å². The van der Waals surface area contributed by atoms with Crippen molar-refractivity contribution in [2.75, 3.05) is 19.7 Å². The quantitative estimate of drug-likeness (QED) is 0.569. The summed E-state index contributed by atoms with van der Waals surface area (Å²) >= 11 is 0. The van der Waals surface area contributed by atoms with Gasteiger partial charge in [-0.15, -0.1) is 0 Å². The maximum Gasteiger partial charge on any atom is 0.239 e.